The zero-order chi connectivity index (χ0) is 35.6. The lowest BCUT2D eigenvalue weighted by Gasteiger charge is -2.19. The van der Waals surface area contributed by atoms with E-state index in [9.17, 15) is 27.9 Å². The van der Waals surface area contributed by atoms with Crippen molar-refractivity contribution in [3.8, 4) is 21.9 Å². The van der Waals surface area contributed by atoms with E-state index in [0.717, 1.165) is 60.0 Å². The van der Waals surface area contributed by atoms with Crippen molar-refractivity contribution < 1.29 is 32.6 Å². The summed E-state index contributed by atoms with van der Waals surface area (Å²) in [5.74, 6) is 0.0293. The molecule has 0 radical (unpaired) electrons. The third-order valence-corrected chi connectivity index (χ3v) is 10.4. The van der Waals surface area contributed by atoms with Crippen LogP contribution in [0.2, 0.25) is 0 Å². The van der Waals surface area contributed by atoms with Crippen LogP contribution in [0.1, 0.15) is 78.6 Å². The number of thiophene rings is 1. The number of halogens is 3. The molecule has 2 aromatic heterocycles. The van der Waals surface area contributed by atoms with Crippen molar-refractivity contribution in [3.05, 3.63) is 112 Å². The van der Waals surface area contributed by atoms with Gasteiger partial charge in [-0.2, -0.15) is 13.2 Å². The number of alkyl halides is 3. The Morgan fingerprint density at radius 1 is 0.900 bits per heavy atom. The predicted molar refractivity (Wildman–Crippen MR) is 190 cm³/mol. The highest BCUT2D eigenvalue weighted by Crippen LogP contribution is 2.35. The van der Waals surface area contributed by atoms with Crippen LogP contribution in [-0.4, -0.2) is 28.0 Å². The van der Waals surface area contributed by atoms with E-state index in [4.69, 9.17) is 9.72 Å². The topological polar surface area (TPSA) is 88.5 Å². The average molecular weight is 701 g/mol. The number of hydrogen-bond acceptors (Lipinski definition) is 5. The molecule has 2 heterocycles. The molecule has 260 valence electrons. The smallest absolute Gasteiger partial charge is 0.416 e. The Morgan fingerprint density at radius 2 is 1.56 bits per heavy atom. The number of carbonyl (C=O) groups is 2. The molecule has 1 amide bonds. The van der Waals surface area contributed by atoms with E-state index in [1.165, 1.54) is 29.0 Å². The van der Waals surface area contributed by atoms with Crippen molar-refractivity contribution in [1.29, 1.82) is 0 Å². The van der Waals surface area contributed by atoms with E-state index in [2.05, 4.69) is 38.2 Å². The second-order valence-corrected chi connectivity index (χ2v) is 15.1. The van der Waals surface area contributed by atoms with Gasteiger partial charge in [0.1, 0.15) is 23.2 Å². The van der Waals surface area contributed by atoms with Crippen molar-refractivity contribution in [3.63, 3.8) is 0 Å². The number of hydrogen-bond donors (Lipinski definition) is 2. The van der Waals surface area contributed by atoms with Crippen LogP contribution in [0, 0.1) is 5.92 Å². The Bertz CT molecular complexity index is 1990. The number of carboxylic acids is 1. The Labute approximate surface area is 293 Å². The van der Waals surface area contributed by atoms with Gasteiger partial charge >= 0.3 is 12.1 Å². The highest BCUT2D eigenvalue weighted by Gasteiger charge is 2.30. The molecule has 1 fully saturated rings. The van der Waals surface area contributed by atoms with Crippen LogP contribution >= 0.6 is 11.3 Å². The fourth-order valence-electron chi connectivity index (χ4n) is 6.38. The molecule has 0 saturated heterocycles. The summed E-state index contributed by atoms with van der Waals surface area (Å²) in [4.78, 5) is 32.0. The third kappa shape index (κ3) is 8.35. The van der Waals surface area contributed by atoms with E-state index in [1.54, 1.807) is 18.2 Å². The molecule has 1 saturated carbocycles. The maximum absolute atomic E-state index is 13.6. The summed E-state index contributed by atoms with van der Waals surface area (Å²) in [6, 6.07) is 22.5. The fraction of sp³-hybridized carbons (Fsp3) is 0.325. The first-order valence-electron chi connectivity index (χ1n) is 16.7. The molecule has 2 N–H and O–H groups in total. The molecule has 6 nitrogen and oxygen atoms in total. The van der Waals surface area contributed by atoms with E-state index in [-0.39, 0.29) is 17.5 Å². The molecule has 3 aromatic carbocycles. The number of fused-ring (bicyclic) bond motifs is 1. The van der Waals surface area contributed by atoms with Crippen LogP contribution in [-0.2, 0) is 29.2 Å². The predicted octanol–water partition coefficient (Wildman–Crippen LogP) is 10.2. The van der Waals surface area contributed by atoms with Crippen molar-refractivity contribution in [2.45, 2.75) is 76.9 Å². The molecule has 1 unspecified atom stereocenters. The first-order chi connectivity index (χ1) is 23.7. The van der Waals surface area contributed by atoms with Gasteiger partial charge in [0.05, 0.1) is 5.56 Å². The monoisotopic (exact) mass is 700 g/mol. The minimum Gasteiger partial charge on any atom is -0.480 e. The lowest BCUT2D eigenvalue weighted by Crippen LogP contribution is -2.42. The summed E-state index contributed by atoms with van der Waals surface area (Å²) in [5, 5.41) is 14.4. The number of pyridine rings is 1. The molecule has 10 heteroatoms. The SMILES string of the molecule is CC(C)(C)c1ccc(Oc2ccc3cc(C(=O)NC(Cc4ccc(-c5ccc(C(F)(F)F)cc5)s4)C(=O)O)nc(CC4CCCC4)c3c2)cc1. The Kier molecular flexibility index (Phi) is 10.0. The molecule has 5 aromatic rings. The minimum absolute atomic E-state index is 0.00627. The van der Waals surface area contributed by atoms with Gasteiger partial charge in [-0.1, -0.05) is 76.8 Å². The highest BCUT2D eigenvalue weighted by molar-refractivity contribution is 7.15. The Morgan fingerprint density at radius 3 is 2.20 bits per heavy atom. The number of nitrogens with zero attached hydrogens (tertiary/aromatic N) is 1. The number of aromatic nitrogens is 1. The van der Waals surface area contributed by atoms with Gasteiger partial charge in [-0.05, 0) is 88.9 Å². The summed E-state index contributed by atoms with van der Waals surface area (Å²) in [5.41, 5.74) is 2.01. The molecule has 50 heavy (non-hydrogen) atoms. The maximum Gasteiger partial charge on any atom is 0.416 e. The van der Waals surface area contributed by atoms with Gasteiger partial charge in [0, 0.05) is 27.3 Å². The van der Waals surface area contributed by atoms with E-state index >= 15 is 0 Å². The molecule has 1 aliphatic carbocycles. The van der Waals surface area contributed by atoms with E-state index in [0.29, 0.717) is 33.4 Å². The fourth-order valence-corrected chi connectivity index (χ4v) is 7.44. The molecule has 1 aliphatic rings. The van der Waals surface area contributed by atoms with Gasteiger partial charge in [0.2, 0.25) is 0 Å². The average Bonchev–Trinajstić information content (AvgIpc) is 3.76. The number of benzene rings is 3. The number of carbonyl (C=O) groups excluding carboxylic acids is 1. The van der Waals surface area contributed by atoms with Gasteiger partial charge < -0.3 is 15.2 Å². The van der Waals surface area contributed by atoms with Crippen LogP contribution in [0.5, 0.6) is 11.5 Å². The quantitative estimate of drug-likeness (QED) is 0.151. The van der Waals surface area contributed by atoms with Gasteiger partial charge in [-0.15, -0.1) is 11.3 Å². The van der Waals surface area contributed by atoms with Gasteiger partial charge in [-0.25, -0.2) is 9.78 Å². The third-order valence-electron chi connectivity index (χ3n) is 9.20. The van der Waals surface area contributed by atoms with E-state index in [1.807, 2.05) is 30.3 Å². The number of carboxylic acid groups (broad SMARTS) is 1. The number of ether oxygens (including phenoxy) is 1. The summed E-state index contributed by atoms with van der Waals surface area (Å²) < 4.78 is 45.2. The van der Waals surface area contributed by atoms with Gasteiger partial charge in [0.25, 0.3) is 5.91 Å². The molecule has 0 spiro atoms. The van der Waals surface area contributed by atoms with Crippen LogP contribution in [0.25, 0.3) is 21.2 Å². The van der Waals surface area contributed by atoms with Crippen LogP contribution in [0.15, 0.2) is 84.9 Å². The second-order valence-electron chi connectivity index (χ2n) is 14.0. The summed E-state index contributed by atoms with van der Waals surface area (Å²) in [6.07, 6.45) is 0.771. The normalized spacial score (nSPS) is 14.5. The van der Waals surface area contributed by atoms with Crippen molar-refractivity contribution in [1.82, 2.24) is 10.3 Å². The summed E-state index contributed by atoms with van der Waals surface area (Å²) in [6.45, 7) is 6.49. The standard InChI is InChI=1S/C40H39F3N2O4S/c1-39(2,3)27-13-16-29(17-14-27)49-30-15-10-26-21-34(44-33(32(26)22-30)20-24-6-4-5-7-24)37(46)45-35(38(47)48)23-31-18-19-36(50-31)25-8-11-28(12-9-25)40(41,42)43/h8-19,21-22,24,35H,4-7,20,23H2,1-3H3,(H,45,46)(H,47,48). The molecular weight excluding hydrogens is 662 g/mol. The zero-order valence-corrected chi connectivity index (χ0v) is 29.0. The van der Waals surface area contributed by atoms with Gasteiger partial charge in [-0.3, -0.25) is 4.79 Å². The second kappa shape index (κ2) is 14.3. The molecule has 1 atom stereocenters. The largest absolute Gasteiger partial charge is 0.480 e. The van der Waals surface area contributed by atoms with Crippen LogP contribution in [0.4, 0.5) is 13.2 Å². The summed E-state index contributed by atoms with van der Waals surface area (Å²) >= 11 is 1.27. The van der Waals surface area contributed by atoms with Crippen molar-refractivity contribution >= 4 is 34.0 Å². The Hall–Kier alpha value is -4.70. The highest BCUT2D eigenvalue weighted by atomic mass is 32.1. The Balaban J connectivity index is 1.21. The molecule has 0 aliphatic heterocycles. The first-order valence-corrected chi connectivity index (χ1v) is 17.6. The van der Waals surface area contributed by atoms with E-state index < -0.39 is 29.7 Å². The van der Waals surface area contributed by atoms with Crippen LogP contribution < -0.4 is 10.1 Å². The number of rotatable bonds is 10. The number of nitrogens with one attached hydrogen (secondary N) is 1. The number of amides is 1. The molecule has 0 bridgehead atoms. The van der Waals surface area contributed by atoms with Crippen molar-refractivity contribution in [2.24, 2.45) is 5.92 Å². The molecular formula is C40H39F3N2O4S. The zero-order valence-electron chi connectivity index (χ0n) is 28.1. The maximum atomic E-state index is 13.6. The minimum atomic E-state index is -4.43. The first kappa shape index (κ1) is 35.1. The van der Waals surface area contributed by atoms with Crippen molar-refractivity contribution in [2.75, 3.05) is 0 Å². The lowest BCUT2D eigenvalue weighted by atomic mass is 9.87. The molecule has 6 rings (SSSR count). The number of aliphatic carboxylic acids is 1. The lowest BCUT2D eigenvalue weighted by molar-refractivity contribution is -0.139. The van der Waals surface area contributed by atoms with Gasteiger partial charge in [0.15, 0.2) is 0 Å². The summed E-state index contributed by atoms with van der Waals surface area (Å²) in [7, 11) is 0. The van der Waals surface area contributed by atoms with Crippen LogP contribution in [0.3, 0.4) is 0 Å².